The van der Waals surface area contributed by atoms with Crippen LogP contribution in [0.2, 0.25) is 5.02 Å². The molecule has 0 spiro atoms. The molecule has 1 heterocycles. The Hall–Kier alpha value is -3.40. The molecule has 1 aliphatic rings. The Bertz CT molecular complexity index is 1240. The first-order valence-electron chi connectivity index (χ1n) is 9.84. The third-order valence-corrected chi connectivity index (χ3v) is 5.53. The van der Waals surface area contributed by atoms with E-state index in [9.17, 15) is 36.2 Å². The molecule has 1 N–H and O–H groups in total. The van der Waals surface area contributed by atoms with Gasteiger partial charge in [-0.05, 0) is 60.7 Å². The van der Waals surface area contributed by atoms with Crippen LogP contribution in [0.1, 0.15) is 17.5 Å². The number of fused-ring (bicyclic) bond motifs is 1. The Kier molecular flexibility index (Phi) is 5.89. The number of nitrogens with zero attached hydrogens (tertiary/aromatic N) is 2. The normalized spacial score (nSPS) is 14.7. The summed E-state index contributed by atoms with van der Waals surface area (Å²) in [5, 5.41) is 9.82. The number of anilines is 4. The minimum atomic E-state index is -5.16. The van der Waals surface area contributed by atoms with Crippen LogP contribution in [0.5, 0.6) is 5.75 Å². The lowest BCUT2D eigenvalue weighted by atomic mass is 10.1. The molecule has 3 aromatic carbocycles. The number of benzene rings is 3. The van der Waals surface area contributed by atoms with Crippen molar-refractivity contribution in [3.8, 4) is 5.75 Å². The van der Waals surface area contributed by atoms with Gasteiger partial charge < -0.3 is 10.0 Å². The fraction of sp³-hybridized carbons (Fsp3) is 0.174. The summed E-state index contributed by atoms with van der Waals surface area (Å²) in [7, 11) is 0. The molecule has 0 radical (unpaired) electrons. The number of amides is 1. The van der Waals surface area contributed by atoms with E-state index in [1.807, 2.05) is 0 Å². The van der Waals surface area contributed by atoms with Crippen LogP contribution in [0.15, 0.2) is 60.7 Å². The van der Waals surface area contributed by atoms with Crippen LogP contribution in [-0.4, -0.2) is 17.6 Å². The molecule has 4 nitrogen and oxygen atoms in total. The number of carbonyl (C=O) groups excluding carboxylic acids is 1. The SMILES string of the molecule is O=C1CCN(c2ccc(O)cc2)c2cc(Cl)ccc2N1c1ccc(C(F)(F)F)cc1C(F)(F)F. The molecule has 34 heavy (non-hydrogen) atoms. The molecule has 0 atom stereocenters. The molecule has 1 amide bonds. The fourth-order valence-electron chi connectivity index (χ4n) is 3.78. The van der Waals surface area contributed by atoms with Crippen LogP contribution in [0.4, 0.5) is 49.1 Å². The molecule has 0 saturated carbocycles. The van der Waals surface area contributed by atoms with E-state index < -0.39 is 35.1 Å². The Morgan fingerprint density at radius 1 is 0.794 bits per heavy atom. The van der Waals surface area contributed by atoms with Crippen LogP contribution >= 0.6 is 11.6 Å². The highest BCUT2D eigenvalue weighted by Gasteiger charge is 2.41. The molecule has 1 aliphatic heterocycles. The maximum absolute atomic E-state index is 13.9. The van der Waals surface area contributed by atoms with Crippen molar-refractivity contribution in [2.75, 3.05) is 16.3 Å². The van der Waals surface area contributed by atoms with Crippen molar-refractivity contribution < 1.29 is 36.2 Å². The molecular weight excluding hydrogens is 486 g/mol. The Morgan fingerprint density at radius 2 is 1.44 bits per heavy atom. The first kappa shape index (κ1) is 23.7. The van der Waals surface area contributed by atoms with Gasteiger partial charge in [-0.3, -0.25) is 9.69 Å². The fourth-order valence-corrected chi connectivity index (χ4v) is 3.94. The summed E-state index contributed by atoms with van der Waals surface area (Å²) in [6.07, 6.45) is -10.4. The van der Waals surface area contributed by atoms with E-state index in [4.69, 9.17) is 11.6 Å². The lowest BCUT2D eigenvalue weighted by Gasteiger charge is -2.29. The van der Waals surface area contributed by atoms with Crippen molar-refractivity contribution in [1.82, 2.24) is 0 Å². The predicted molar refractivity (Wildman–Crippen MR) is 115 cm³/mol. The van der Waals surface area contributed by atoms with Crippen molar-refractivity contribution in [2.24, 2.45) is 0 Å². The first-order valence-corrected chi connectivity index (χ1v) is 10.2. The molecule has 0 unspecified atom stereocenters. The highest BCUT2D eigenvalue weighted by molar-refractivity contribution is 6.31. The predicted octanol–water partition coefficient (Wildman–Crippen LogP) is 7.29. The first-order chi connectivity index (χ1) is 15.9. The van der Waals surface area contributed by atoms with Gasteiger partial charge in [0, 0.05) is 23.7 Å². The van der Waals surface area contributed by atoms with Gasteiger partial charge in [-0.25, -0.2) is 0 Å². The van der Waals surface area contributed by atoms with Crippen LogP contribution in [-0.2, 0) is 17.1 Å². The molecule has 178 valence electrons. The quantitative estimate of drug-likeness (QED) is 0.376. The van der Waals surface area contributed by atoms with Crippen LogP contribution in [0, 0.1) is 0 Å². The second-order valence-electron chi connectivity index (χ2n) is 7.51. The Morgan fingerprint density at radius 3 is 2.06 bits per heavy atom. The van der Waals surface area contributed by atoms with Gasteiger partial charge in [-0.2, -0.15) is 26.3 Å². The summed E-state index contributed by atoms with van der Waals surface area (Å²) in [5.74, 6) is -0.753. The highest BCUT2D eigenvalue weighted by atomic mass is 35.5. The molecule has 0 bridgehead atoms. The number of carbonyl (C=O) groups is 1. The summed E-state index contributed by atoms with van der Waals surface area (Å²) in [6.45, 7) is 0.0510. The highest BCUT2D eigenvalue weighted by Crippen LogP contribution is 2.47. The van der Waals surface area contributed by atoms with Crippen molar-refractivity contribution in [3.63, 3.8) is 0 Å². The van der Waals surface area contributed by atoms with Crippen molar-refractivity contribution in [3.05, 3.63) is 76.8 Å². The summed E-state index contributed by atoms with van der Waals surface area (Å²) in [6, 6.07) is 11.2. The lowest BCUT2D eigenvalue weighted by Crippen LogP contribution is -2.28. The van der Waals surface area contributed by atoms with Gasteiger partial charge in [-0.1, -0.05) is 11.6 Å². The van der Waals surface area contributed by atoms with Crippen LogP contribution in [0.25, 0.3) is 0 Å². The van der Waals surface area contributed by atoms with Crippen molar-refractivity contribution in [1.29, 1.82) is 0 Å². The van der Waals surface area contributed by atoms with E-state index in [1.54, 1.807) is 17.0 Å². The van der Waals surface area contributed by atoms with Gasteiger partial charge in [0.2, 0.25) is 5.91 Å². The lowest BCUT2D eigenvalue weighted by molar-refractivity contribution is -0.142. The third kappa shape index (κ3) is 4.50. The number of halogens is 7. The maximum atomic E-state index is 13.9. The second kappa shape index (κ2) is 8.43. The Labute approximate surface area is 194 Å². The number of hydrogen-bond donors (Lipinski definition) is 1. The molecule has 0 aromatic heterocycles. The second-order valence-corrected chi connectivity index (χ2v) is 7.94. The third-order valence-electron chi connectivity index (χ3n) is 5.30. The number of rotatable bonds is 2. The van der Waals surface area contributed by atoms with E-state index in [0.29, 0.717) is 17.8 Å². The monoisotopic (exact) mass is 500 g/mol. The van der Waals surface area contributed by atoms with E-state index in [2.05, 4.69) is 0 Å². The minimum Gasteiger partial charge on any atom is -0.508 e. The van der Waals surface area contributed by atoms with Crippen molar-refractivity contribution in [2.45, 2.75) is 18.8 Å². The van der Waals surface area contributed by atoms with Gasteiger partial charge in [0.25, 0.3) is 0 Å². The standard InChI is InChI=1S/C23H15ClF6N2O2/c24-14-2-8-19-20(12-14)31(15-3-5-16(33)6-4-15)10-9-21(34)32(19)18-7-1-13(22(25,26)27)11-17(18)23(28,29)30/h1-8,11-12,33H,9-10H2. The number of alkyl halides is 6. The average Bonchev–Trinajstić information content (AvgIpc) is 2.88. The number of phenols is 1. The molecule has 0 saturated heterocycles. The van der Waals surface area contributed by atoms with Gasteiger partial charge in [-0.15, -0.1) is 0 Å². The minimum absolute atomic E-state index is 0.000831. The molecular formula is C23H15ClF6N2O2. The van der Waals surface area contributed by atoms with Gasteiger partial charge >= 0.3 is 12.4 Å². The molecule has 4 rings (SSSR count). The zero-order chi connectivity index (χ0) is 24.8. The number of hydrogen-bond acceptors (Lipinski definition) is 3. The van der Waals surface area contributed by atoms with E-state index in [-0.39, 0.29) is 41.2 Å². The Balaban J connectivity index is 1.94. The summed E-state index contributed by atoms with van der Waals surface area (Å²) in [4.78, 5) is 15.5. The van der Waals surface area contributed by atoms with Gasteiger partial charge in [0.15, 0.2) is 0 Å². The van der Waals surface area contributed by atoms with E-state index >= 15 is 0 Å². The zero-order valence-electron chi connectivity index (χ0n) is 17.1. The zero-order valence-corrected chi connectivity index (χ0v) is 17.8. The van der Waals surface area contributed by atoms with Gasteiger partial charge in [0.05, 0.1) is 28.2 Å². The summed E-state index contributed by atoms with van der Waals surface area (Å²) in [5.41, 5.74) is -2.97. The van der Waals surface area contributed by atoms with Gasteiger partial charge in [0.1, 0.15) is 5.75 Å². The van der Waals surface area contributed by atoms with Crippen LogP contribution < -0.4 is 9.80 Å². The van der Waals surface area contributed by atoms with E-state index in [0.717, 1.165) is 4.90 Å². The van der Waals surface area contributed by atoms with Crippen molar-refractivity contribution >= 4 is 40.3 Å². The summed E-state index contributed by atoms with van der Waals surface area (Å²) >= 11 is 6.14. The molecule has 0 fully saturated rings. The molecule has 3 aromatic rings. The molecule has 0 aliphatic carbocycles. The number of aromatic hydroxyl groups is 1. The smallest absolute Gasteiger partial charge is 0.418 e. The van der Waals surface area contributed by atoms with Crippen LogP contribution in [0.3, 0.4) is 0 Å². The maximum Gasteiger partial charge on any atom is 0.418 e. The largest absolute Gasteiger partial charge is 0.508 e. The topological polar surface area (TPSA) is 43.8 Å². The number of phenolic OH excluding ortho intramolecular Hbond substituents is 1. The summed E-state index contributed by atoms with van der Waals surface area (Å²) < 4.78 is 81.0. The van der Waals surface area contributed by atoms with E-state index in [1.165, 1.54) is 30.3 Å². The molecule has 11 heteroatoms. The average molecular weight is 501 g/mol.